The van der Waals surface area contributed by atoms with Crippen LogP contribution >= 0.6 is 34.8 Å². The molecule has 0 unspecified atom stereocenters. The van der Waals surface area contributed by atoms with E-state index < -0.39 is 24.3 Å². The summed E-state index contributed by atoms with van der Waals surface area (Å²) >= 11 is 17.6. The largest absolute Gasteiger partial charge is 0.422 e. The fraction of sp³-hybridized carbons (Fsp3) is 0.0625. The molecule has 0 fully saturated rings. The molecule has 0 radical (unpaired) electrons. The minimum absolute atomic E-state index is 0.0446. The molecular formula is C16H8Cl3NO4. The number of ether oxygens (including phenoxy) is 1. The molecule has 24 heavy (non-hydrogen) atoms. The van der Waals surface area contributed by atoms with Crippen LogP contribution in [0.4, 0.5) is 0 Å². The first-order valence-electron chi connectivity index (χ1n) is 6.69. The van der Waals surface area contributed by atoms with E-state index in [1.165, 1.54) is 24.3 Å². The van der Waals surface area contributed by atoms with E-state index in [1.54, 1.807) is 12.1 Å². The number of carbonyl (C=O) groups excluding carboxylic acids is 3. The molecule has 0 saturated carbocycles. The summed E-state index contributed by atoms with van der Waals surface area (Å²) in [5, 5.41) is 0.372. The molecule has 0 aliphatic carbocycles. The standard InChI is InChI=1S/C16H8Cl3NO4/c17-8-5-11(18)14(12(19)6-8)24-13(21)7-20-15(22)9-3-1-2-4-10(9)16(20)23/h1-6H,7H2. The second kappa shape index (κ2) is 6.43. The average molecular weight is 385 g/mol. The van der Waals surface area contributed by atoms with Crippen LogP contribution in [0.1, 0.15) is 20.7 Å². The summed E-state index contributed by atoms with van der Waals surface area (Å²) in [6.45, 7) is -0.554. The highest BCUT2D eigenvalue weighted by Gasteiger charge is 2.36. The molecule has 0 bridgehead atoms. The fourth-order valence-corrected chi connectivity index (χ4v) is 3.18. The molecule has 2 aromatic rings. The number of amides is 2. The fourth-order valence-electron chi connectivity index (χ4n) is 2.28. The Morgan fingerprint density at radius 1 is 0.958 bits per heavy atom. The second-order valence-corrected chi connectivity index (χ2v) is 6.17. The Kier molecular flexibility index (Phi) is 4.49. The lowest BCUT2D eigenvalue weighted by Crippen LogP contribution is -2.36. The molecule has 5 nitrogen and oxygen atoms in total. The van der Waals surface area contributed by atoms with Gasteiger partial charge in [0.25, 0.3) is 11.8 Å². The summed E-state index contributed by atoms with van der Waals surface area (Å²) in [6, 6.07) is 9.04. The highest BCUT2D eigenvalue weighted by atomic mass is 35.5. The lowest BCUT2D eigenvalue weighted by Gasteiger charge is -2.14. The van der Waals surface area contributed by atoms with Crippen molar-refractivity contribution in [3.63, 3.8) is 0 Å². The van der Waals surface area contributed by atoms with Crippen molar-refractivity contribution < 1.29 is 19.1 Å². The monoisotopic (exact) mass is 383 g/mol. The highest BCUT2D eigenvalue weighted by molar-refractivity contribution is 6.40. The Morgan fingerprint density at radius 2 is 1.46 bits per heavy atom. The maximum atomic E-state index is 12.2. The summed E-state index contributed by atoms with van der Waals surface area (Å²) in [4.78, 5) is 37.3. The van der Waals surface area contributed by atoms with E-state index in [9.17, 15) is 14.4 Å². The van der Waals surface area contributed by atoms with E-state index in [2.05, 4.69) is 0 Å². The van der Waals surface area contributed by atoms with Gasteiger partial charge in [-0.05, 0) is 24.3 Å². The van der Waals surface area contributed by atoms with E-state index in [-0.39, 0.29) is 31.9 Å². The average Bonchev–Trinajstić information content (AvgIpc) is 2.76. The van der Waals surface area contributed by atoms with Gasteiger partial charge in [-0.2, -0.15) is 0 Å². The van der Waals surface area contributed by atoms with Gasteiger partial charge < -0.3 is 4.74 Å². The SMILES string of the molecule is O=C(CN1C(=O)c2ccccc2C1=O)Oc1c(Cl)cc(Cl)cc1Cl. The highest BCUT2D eigenvalue weighted by Crippen LogP contribution is 2.36. The van der Waals surface area contributed by atoms with Crippen molar-refractivity contribution in [1.82, 2.24) is 4.90 Å². The van der Waals surface area contributed by atoms with Crippen molar-refractivity contribution in [2.45, 2.75) is 0 Å². The Morgan fingerprint density at radius 3 is 1.96 bits per heavy atom. The van der Waals surface area contributed by atoms with Crippen LogP contribution in [0.3, 0.4) is 0 Å². The number of halogens is 3. The summed E-state index contributed by atoms with van der Waals surface area (Å²) in [5.41, 5.74) is 0.496. The number of rotatable bonds is 3. The van der Waals surface area contributed by atoms with Crippen molar-refractivity contribution in [3.05, 3.63) is 62.6 Å². The second-order valence-electron chi connectivity index (χ2n) is 4.91. The Labute approximate surface area is 151 Å². The molecule has 0 aromatic heterocycles. The van der Waals surface area contributed by atoms with Gasteiger partial charge in [-0.3, -0.25) is 14.5 Å². The maximum absolute atomic E-state index is 12.2. The number of imide groups is 1. The van der Waals surface area contributed by atoms with Crippen molar-refractivity contribution in [3.8, 4) is 5.75 Å². The number of fused-ring (bicyclic) bond motifs is 1. The number of carbonyl (C=O) groups is 3. The maximum Gasteiger partial charge on any atom is 0.331 e. The van der Waals surface area contributed by atoms with Gasteiger partial charge in [0, 0.05) is 5.02 Å². The Hall–Kier alpha value is -2.08. The van der Waals surface area contributed by atoms with Crippen molar-refractivity contribution in [2.24, 2.45) is 0 Å². The number of benzene rings is 2. The van der Waals surface area contributed by atoms with E-state index in [1.807, 2.05) is 0 Å². The minimum Gasteiger partial charge on any atom is -0.422 e. The number of esters is 1. The van der Waals surface area contributed by atoms with Gasteiger partial charge in [0.05, 0.1) is 21.2 Å². The predicted molar refractivity (Wildman–Crippen MR) is 88.9 cm³/mol. The number of hydrogen-bond donors (Lipinski definition) is 0. The minimum atomic E-state index is -0.851. The van der Waals surface area contributed by atoms with Crippen LogP contribution in [0.25, 0.3) is 0 Å². The molecule has 0 spiro atoms. The van der Waals surface area contributed by atoms with Crippen molar-refractivity contribution >= 4 is 52.6 Å². The zero-order chi connectivity index (χ0) is 17.4. The number of hydrogen-bond acceptors (Lipinski definition) is 4. The molecule has 2 amide bonds. The van der Waals surface area contributed by atoms with Gasteiger partial charge in [0.1, 0.15) is 6.54 Å². The van der Waals surface area contributed by atoms with Gasteiger partial charge in [0.2, 0.25) is 0 Å². The van der Waals surface area contributed by atoms with Crippen LogP contribution in [0.2, 0.25) is 15.1 Å². The lowest BCUT2D eigenvalue weighted by molar-refractivity contribution is -0.134. The van der Waals surface area contributed by atoms with Gasteiger partial charge in [-0.25, -0.2) is 4.79 Å². The summed E-state index contributed by atoms with van der Waals surface area (Å²) in [7, 11) is 0. The van der Waals surface area contributed by atoms with E-state index in [0.717, 1.165) is 4.90 Å². The molecule has 0 saturated heterocycles. The quantitative estimate of drug-likeness (QED) is 0.458. The molecular weight excluding hydrogens is 377 g/mol. The molecule has 2 aromatic carbocycles. The third-order valence-electron chi connectivity index (χ3n) is 3.34. The molecule has 0 atom stereocenters. The topological polar surface area (TPSA) is 63.7 Å². The zero-order valence-corrected chi connectivity index (χ0v) is 14.2. The Bertz CT molecular complexity index is 823. The van der Waals surface area contributed by atoms with Crippen molar-refractivity contribution in [2.75, 3.05) is 6.54 Å². The third-order valence-corrected chi connectivity index (χ3v) is 4.12. The Balaban J connectivity index is 1.78. The first kappa shape index (κ1) is 16.8. The summed E-state index contributed by atoms with van der Waals surface area (Å²) < 4.78 is 5.08. The molecule has 1 heterocycles. The van der Waals surface area contributed by atoms with Crippen LogP contribution in [-0.2, 0) is 4.79 Å². The molecule has 3 rings (SSSR count). The first-order chi connectivity index (χ1) is 11.4. The molecule has 0 N–H and O–H groups in total. The van der Waals surface area contributed by atoms with Gasteiger partial charge in [-0.15, -0.1) is 0 Å². The smallest absolute Gasteiger partial charge is 0.331 e. The van der Waals surface area contributed by atoms with Gasteiger partial charge in [0.15, 0.2) is 5.75 Å². The molecule has 8 heteroatoms. The summed E-state index contributed by atoms with van der Waals surface area (Å²) in [5.74, 6) is -2.04. The van der Waals surface area contributed by atoms with Gasteiger partial charge in [-0.1, -0.05) is 46.9 Å². The van der Waals surface area contributed by atoms with Crippen LogP contribution in [0.5, 0.6) is 5.75 Å². The lowest BCUT2D eigenvalue weighted by atomic mass is 10.1. The van der Waals surface area contributed by atoms with Crippen LogP contribution < -0.4 is 4.74 Å². The molecule has 1 aliphatic heterocycles. The van der Waals surface area contributed by atoms with E-state index >= 15 is 0 Å². The normalized spacial score (nSPS) is 13.2. The van der Waals surface area contributed by atoms with Crippen LogP contribution in [0, 0.1) is 0 Å². The first-order valence-corrected chi connectivity index (χ1v) is 7.82. The van der Waals surface area contributed by atoms with Crippen LogP contribution in [0.15, 0.2) is 36.4 Å². The van der Waals surface area contributed by atoms with E-state index in [0.29, 0.717) is 0 Å². The van der Waals surface area contributed by atoms with Crippen LogP contribution in [-0.4, -0.2) is 29.2 Å². The van der Waals surface area contributed by atoms with E-state index in [4.69, 9.17) is 39.5 Å². The zero-order valence-electron chi connectivity index (χ0n) is 11.9. The predicted octanol–water partition coefficient (Wildman–Crippen LogP) is 3.85. The van der Waals surface area contributed by atoms with Crippen molar-refractivity contribution in [1.29, 1.82) is 0 Å². The third kappa shape index (κ3) is 2.98. The molecule has 122 valence electrons. The number of nitrogens with zero attached hydrogens (tertiary/aromatic N) is 1. The summed E-state index contributed by atoms with van der Waals surface area (Å²) in [6.07, 6.45) is 0. The molecule has 1 aliphatic rings. The van der Waals surface area contributed by atoms with Gasteiger partial charge >= 0.3 is 5.97 Å².